The van der Waals surface area contributed by atoms with Crippen LogP contribution in [-0.2, 0) is 14.3 Å². The zero-order valence-corrected chi connectivity index (χ0v) is 57.6. The van der Waals surface area contributed by atoms with E-state index in [0.29, 0.717) is 25.9 Å². The lowest BCUT2D eigenvalue weighted by Crippen LogP contribution is -2.45. The standard InChI is InChI=1S/C79H151NO5/c1-3-5-7-9-11-13-15-17-18-19-20-38-41-44-48-51-55-59-63-67-71-77(82)76(75-81)80-78(83)72-68-64-60-56-52-49-45-42-39-36-34-32-30-28-26-24-22-21-23-25-27-29-31-33-35-37-40-43-46-50-54-58-62-66-70-74-85-79(84)73-69-65-61-57-53-47-16-14-12-10-8-6-4-2/h8,10,14,16,23,25,76-77,81-82H,3-7,9,11-13,15,17-22,24,26-75H2,1-2H3,(H,80,83)/b10-8-,16-14-,25-23-. The van der Waals surface area contributed by atoms with Crippen molar-refractivity contribution in [2.24, 2.45) is 0 Å². The second-order valence-corrected chi connectivity index (χ2v) is 26.7. The Kier molecular flexibility index (Phi) is 72.9. The number of carbonyl (C=O) groups is 2. The molecule has 502 valence electrons. The largest absolute Gasteiger partial charge is 0.466 e. The smallest absolute Gasteiger partial charge is 0.305 e. The number of ether oxygens (including phenoxy) is 1. The summed E-state index contributed by atoms with van der Waals surface area (Å²) in [7, 11) is 0. The number of aliphatic hydroxyl groups excluding tert-OH is 2. The molecule has 3 N–H and O–H groups in total. The van der Waals surface area contributed by atoms with E-state index >= 15 is 0 Å². The van der Waals surface area contributed by atoms with Gasteiger partial charge in [0.05, 0.1) is 25.4 Å². The number of hydrogen-bond acceptors (Lipinski definition) is 5. The van der Waals surface area contributed by atoms with E-state index in [9.17, 15) is 19.8 Å². The summed E-state index contributed by atoms with van der Waals surface area (Å²) in [5.41, 5.74) is 0. The average molecular weight is 1200 g/mol. The number of carbonyl (C=O) groups excluding carboxylic acids is 2. The molecule has 6 nitrogen and oxygen atoms in total. The number of nitrogens with one attached hydrogen (secondary N) is 1. The van der Waals surface area contributed by atoms with Gasteiger partial charge in [-0.1, -0.05) is 378 Å². The highest BCUT2D eigenvalue weighted by molar-refractivity contribution is 5.76. The summed E-state index contributed by atoms with van der Waals surface area (Å²) in [6.45, 7) is 4.93. The number of unbranched alkanes of at least 4 members (excludes halogenated alkanes) is 56. The molecule has 2 unspecified atom stereocenters. The molecule has 0 aromatic heterocycles. The molecule has 6 heteroatoms. The van der Waals surface area contributed by atoms with Crippen molar-refractivity contribution in [2.75, 3.05) is 13.2 Å². The van der Waals surface area contributed by atoms with Crippen LogP contribution in [0.3, 0.4) is 0 Å². The summed E-state index contributed by atoms with van der Waals surface area (Å²) < 4.78 is 5.48. The van der Waals surface area contributed by atoms with Crippen molar-refractivity contribution >= 4 is 11.9 Å². The molecule has 85 heavy (non-hydrogen) atoms. The minimum atomic E-state index is -0.663. The van der Waals surface area contributed by atoms with Crippen molar-refractivity contribution in [3.05, 3.63) is 36.5 Å². The molecular weight excluding hydrogens is 1040 g/mol. The third-order valence-electron chi connectivity index (χ3n) is 18.1. The normalized spacial score (nSPS) is 12.7. The van der Waals surface area contributed by atoms with Crippen LogP contribution in [0.15, 0.2) is 36.5 Å². The van der Waals surface area contributed by atoms with Gasteiger partial charge in [0.2, 0.25) is 5.91 Å². The van der Waals surface area contributed by atoms with Gasteiger partial charge < -0.3 is 20.3 Å². The monoisotopic (exact) mass is 1190 g/mol. The van der Waals surface area contributed by atoms with Crippen LogP contribution in [0.1, 0.15) is 431 Å². The third kappa shape index (κ3) is 71.0. The molecule has 0 saturated carbocycles. The lowest BCUT2D eigenvalue weighted by molar-refractivity contribution is -0.143. The minimum Gasteiger partial charge on any atom is -0.466 e. The van der Waals surface area contributed by atoms with E-state index in [2.05, 4.69) is 55.6 Å². The van der Waals surface area contributed by atoms with Crippen LogP contribution in [-0.4, -0.2) is 47.4 Å². The highest BCUT2D eigenvalue weighted by atomic mass is 16.5. The van der Waals surface area contributed by atoms with Gasteiger partial charge in [0, 0.05) is 12.8 Å². The van der Waals surface area contributed by atoms with Crippen LogP contribution < -0.4 is 5.32 Å². The van der Waals surface area contributed by atoms with Crippen LogP contribution in [0.2, 0.25) is 0 Å². The molecule has 0 heterocycles. The first-order valence-corrected chi connectivity index (χ1v) is 38.7. The fourth-order valence-electron chi connectivity index (χ4n) is 12.3. The van der Waals surface area contributed by atoms with Crippen molar-refractivity contribution < 1.29 is 24.5 Å². The van der Waals surface area contributed by atoms with Gasteiger partial charge in [-0.15, -0.1) is 0 Å². The third-order valence-corrected chi connectivity index (χ3v) is 18.1. The van der Waals surface area contributed by atoms with E-state index in [1.165, 1.54) is 347 Å². The second-order valence-electron chi connectivity index (χ2n) is 26.7. The lowest BCUT2D eigenvalue weighted by atomic mass is 10.0. The summed E-state index contributed by atoms with van der Waals surface area (Å²) in [6, 6.07) is -0.540. The fraction of sp³-hybridized carbons (Fsp3) is 0.899. The summed E-state index contributed by atoms with van der Waals surface area (Å²) in [6.07, 6.45) is 96.6. The number of allylic oxidation sites excluding steroid dienone is 6. The molecule has 0 aliphatic carbocycles. The maximum Gasteiger partial charge on any atom is 0.305 e. The van der Waals surface area contributed by atoms with E-state index in [-0.39, 0.29) is 18.5 Å². The van der Waals surface area contributed by atoms with Gasteiger partial charge in [-0.3, -0.25) is 9.59 Å². The molecule has 0 fully saturated rings. The van der Waals surface area contributed by atoms with Gasteiger partial charge in [-0.05, 0) is 77.0 Å². The van der Waals surface area contributed by atoms with Crippen molar-refractivity contribution in [1.29, 1.82) is 0 Å². The van der Waals surface area contributed by atoms with E-state index < -0.39 is 12.1 Å². The Bertz CT molecular complexity index is 1380. The van der Waals surface area contributed by atoms with E-state index in [4.69, 9.17) is 4.74 Å². The van der Waals surface area contributed by atoms with Crippen molar-refractivity contribution in [2.45, 2.75) is 443 Å². The van der Waals surface area contributed by atoms with Crippen molar-refractivity contribution in [1.82, 2.24) is 5.32 Å². The quantitative estimate of drug-likeness (QED) is 0.0320. The lowest BCUT2D eigenvalue weighted by Gasteiger charge is -2.22. The van der Waals surface area contributed by atoms with Crippen LogP contribution in [0.25, 0.3) is 0 Å². The second kappa shape index (κ2) is 74.5. The zero-order valence-electron chi connectivity index (χ0n) is 57.6. The van der Waals surface area contributed by atoms with Crippen LogP contribution in [0.5, 0.6) is 0 Å². The first kappa shape index (κ1) is 83.1. The Labute approximate surface area is 532 Å². The SMILES string of the molecule is CCC/C=C\C/C=C\CCCCCCCC(=O)OCCCCCCCCCCCCCCCC/C=C\CCCCCCCCCCCCCCCCCCCC(=O)NC(CO)C(O)CCCCCCCCCCCCCCCCCCCCCC. The van der Waals surface area contributed by atoms with E-state index in [0.717, 1.165) is 51.4 Å². The molecule has 0 rings (SSSR count). The van der Waals surface area contributed by atoms with E-state index in [1.54, 1.807) is 0 Å². The van der Waals surface area contributed by atoms with Gasteiger partial charge in [-0.25, -0.2) is 0 Å². The fourth-order valence-corrected chi connectivity index (χ4v) is 12.3. The zero-order chi connectivity index (χ0) is 61.3. The molecule has 0 aliphatic rings. The highest BCUT2D eigenvalue weighted by Crippen LogP contribution is 2.20. The molecule has 0 saturated heterocycles. The predicted octanol–water partition coefficient (Wildman–Crippen LogP) is 25.4. The first-order chi connectivity index (χ1) is 42.0. The maximum absolute atomic E-state index is 12.6. The molecule has 0 spiro atoms. The molecule has 1 amide bonds. The summed E-state index contributed by atoms with van der Waals surface area (Å²) in [5.74, 6) is -0.0215. The molecular formula is C79H151NO5. The topological polar surface area (TPSA) is 95.9 Å². The van der Waals surface area contributed by atoms with Crippen LogP contribution >= 0.6 is 0 Å². The molecule has 0 bridgehead atoms. The van der Waals surface area contributed by atoms with Crippen molar-refractivity contribution in [3.63, 3.8) is 0 Å². The van der Waals surface area contributed by atoms with Gasteiger partial charge in [-0.2, -0.15) is 0 Å². The van der Waals surface area contributed by atoms with Gasteiger partial charge >= 0.3 is 5.97 Å². The highest BCUT2D eigenvalue weighted by Gasteiger charge is 2.20. The molecule has 0 radical (unpaired) electrons. The Morgan fingerprint density at radius 3 is 0.953 bits per heavy atom. The Morgan fingerprint density at radius 2 is 0.612 bits per heavy atom. The predicted molar refractivity (Wildman–Crippen MR) is 375 cm³/mol. The first-order valence-electron chi connectivity index (χ1n) is 38.7. The summed E-state index contributed by atoms with van der Waals surface area (Å²) in [5, 5.41) is 23.4. The number of amides is 1. The minimum absolute atomic E-state index is 0.00529. The van der Waals surface area contributed by atoms with Gasteiger partial charge in [0.1, 0.15) is 0 Å². The number of hydrogen-bond donors (Lipinski definition) is 3. The van der Waals surface area contributed by atoms with Crippen molar-refractivity contribution in [3.8, 4) is 0 Å². The Balaban J connectivity index is 3.35. The summed E-state index contributed by atoms with van der Waals surface area (Å²) >= 11 is 0. The molecule has 2 atom stereocenters. The molecule has 0 aromatic rings. The van der Waals surface area contributed by atoms with Crippen LogP contribution in [0, 0.1) is 0 Å². The number of esters is 1. The summed E-state index contributed by atoms with van der Waals surface area (Å²) in [4.78, 5) is 24.6. The van der Waals surface area contributed by atoms with Gasteiger partial charge in [0.25, 0.3) is 0 Å². The molecule has 0 aromatic carbocycles. The Morgan fingerprint density at radius 1 is 0.329 bits per heavy atom. The van der Waals surface area contributed by atoms with Gasteiger partial charge in [0.15, 0.2) is 0 Å². The number of rotatable bonds is 73. The van der Waals surface area contributed by atoms with E-state index in [1.807, 2.05) is 0 Å². The van der Waals surface area contributed by atoms with Crippen LogP contribution in [0.4, 0.5) is 0 Å². The average Bonchev–Trinajstić information content (AvgIpc) is 3.51. The number of aliphatic hydroxyl groups is 2. The Hall–Kier alpha value is -1.92. The maximum atomic E-state index is 12.6. The molecule has 0 aliphatic heterocycles.